The van der Waals surface area contributed by atoms with Crippen LogP contribution in [0, 0.1) is 10.1 Å². The Bertz CT molecular complexity index is 599. The Hall–Kier alpha value is -2.36. The van der Waals surface area contributed by atoms with Crippen molar-refractivity contribution in [2.45, 2.75) is 24.6 Å². The highest BCUT2D eigenvalue weighted by atomic mass is 19.4. The molecule has 114 valence electrons. The van der Waals surface area contributed by atoms with Gasteiger partial charge >= 0.3 is 6.18 Å². The Balaban J connectivity index is 2.33. The number of nitro benzene ring substituents is 1. The number of nitrogen functional groups attached to an aromatic ring is 1. The molecule has 1 aromatic rings. The highest BCUT2D eigenvalue weighted by molar-refractivity contribution is 6.02. The molecule has 7 nitrogen and oxygen atoms in total. The molecule has 1 aliphatic rings. The molecule has 2 rings (SSSR count). The van der Waals surface area contributed by atoms with E-state index in [2.05, 4.69) is 0 Å². The molecular formula is C11H11F3N4O3. The molecule has 1 saturated carbocycles. The zero-order valence-corrected chi connectivity index (χ0v) is 10.5. The van der Waals surface area contributed by atoms with E-state index in [1.807, 2.05) is 10.7 Å². The summed E-state index contributed by atoms with van der Waals surface area (Å²) < 4.78 is 38.4. The normalized spacial score (nSPS) is 16.2. The minimum Gasteiger partial charge on any atom is -0.338 e. The van der Waals surface area contributed by atoms with E-state index >= 15 is 0 Å². The topological polar surface area (TPSA) is 110 Å². The summed E-state index contributed by atoms with van der Waals surface area (Å²) in [5, 5.41) is 12.7. The lowest BCUT2D eigenvalue weighted by atomic mass is 10.1. The van der Waals surface area contributed by atoms with Gasteiger partial charge in [0.1, 0.15) is 11.2 Å². The standard InChI is InChI=1S/C11H11F3N4O3/c12-11(13,14)10(4-5-10)16-9(19)6-2-1-3-7(18(20)21)8(6)17-15/h1-3,17H,4-5,15H2,(H,16,19). The number of hydrazine groups is 1. The van der Waals surface area contributed by atoms with Gasteiger partial charge in [0, 0.05) is 6.07 Å². The molecule has 0 bridgehead atoms. The maximum absolute atomic E-state index is 12.8. The predicted molar refractivity (Wildman–Crippen MR) is 66.4 cm³/mol. The zero-order valence-electron chi connectivity index (χ0n) is 10.5. The van der Waals surface area contributed by atoms with Crippen LogP contribution in [-0.4, -0.2) is 22.5 Å². The summed E-state index contributed by atoms with van der Waals surface area (Å²) in [6.45, 7) is 0. The zero-order chi connectivity index (χ0) is 15.8. The minimum absolute atomic E-state index is 0.220. The summed E-state index contributed by atoms with van der Waals surface area (Å²) in [7, 11) is 0. The van der Waals surface area contributed by atoms with Crippen molar-refractivity contribution < 1.29 is 22.9 Å². The molecule has 1 aliphatic carbocycles. The average molecular weight is 304 g/mol. The van der Waals surface area contributed by atoms with Crippen molar-refractivity contribution in [2.24, 2.45) is 5.84 Å². The molecule has 21 heavy (non-hydrogen) atoms. The number of hydrogen-bond donors (Lipinski definition) is 3. The maximum Gasteiger partial charge on any atom is 0.411 e. The lowest BCUT2D eigenvalue weighted by Crippen LogP contribution is -2.48. The van der Waals surface area contributed by atoms with Gasteiger partial charge in [-0.05, 0) is 18.9 Å². The molecule has 1 aromatic carbocycles. The number of nitro groups is 1. The van der Waals surface area contributed by atoms with E-state index in [9.17, 15) is 28.1 Å². The van der Waals surface area contributed by atoms with Gasteiger partial charge in [-0.1, -0.05) is 6.07 Å². The third-order valence-corrected chi connectivity index (χ3v) is 3.27. The first kappa shape index (κ1) is 15.0. The van der Waals surface area contributed by atoms with Crippen LogP contribution in [0.5, 0.6) is 0 Å². The number of amides is 1. The number of halogens is 3. The molecule has 0 saturated heterocycles. The molecular weight excluding hydrogens is 293 g/mol. The molecule has 0 heterocycles. The van der Waals surface area contributed by atoms with Crippen molar-refractivity contribution in [2.75, 3.05) is 5.43 Å². The second-order valence-electron chi connectivity index (χ2n) is 4.64. The molecule has 0 unspecified atom stereocenters. The number of carbonyl (C=O) groups excluding carboxylic acids is 1. The molecule has 0 atom stereocenters. The minimum atomic E-state index is -4.57. The molecule has 4 N–H and O–H groups in total. The van der Waals surface area contributed by atoms with E-state index in [1.54, 1.807) is 0 Å². The van der Waals surface area contributed by atoms with Crippen molar-refractivity contribution in [3.05, 3.63) is 33.9 Å². The highest BCUT2D eigenvalue weighted by Gasteiger charge is 2.64. The molecule has 0 aromatic heterocycles. The lowest BCUT2D eigenvalue weighted by Gasteiger charge is -2.21. The van der Waals surface area contributed by atoms with E-state index in [4.69, 9.17) is 5.84 Å². The van der Waals surface area contributed by atoms with E-state index in [0.29, 0.717) is 0 Å². The van der Waals surface area contributed by atoms with Gasteiger partial charge in [0.15, 0.2) is 0 Å². The summed E-state index contributed by atoms with van der Waals surface area (Å²) in [4.78, 5) is 22.0. The van der Waals surface area contributed by atoms with Gasteiger partial charge in [0.25, 0.3) is 11.6 Å². The first-order valence-corrected chi connectivity index (χ1v) is 5.85. The fourth-order valence-electron chi connectivity index (χ4n) is 1.92. The average Bonchev–Trinajstić information content (AvgIpc) is 3.17. The van der Waals surface area contributed by atoms with E-state index < -0.39 is 28.2 Å². The smallest absolute Gasteiger partial charge is 0.338 e. The molecule has 10 heteroatoms. The van der Waals surface area contributed by atoms with Crippen LogP contribution in [0.3, 0.4) is 0 Å². The number of hydrogen-bond acceptors (Lipinski definition) is 5. The monoisotopic (exact) mass is 304 g/mol. The lowest BCUT2D eigenvalue weighted by molar-refractivity contribution is -0.384. The van der Waals surface area contributed by atoms with Gasteiger partial charge in [-0.15, -0.1) is 0 Å². The Kier molecular flexibility index (Phi) is 3.49. The summed E-state index contributed by atoms with van der Waals surface area (Å²) in [6, 6.07) is 3.44. The van der Waals surface area contributed by atoms with Crippen LogP contribution < -0.4 is 16.6 Å². The quantitative estimate of drug-likeness (QED) is 0.445. The van der Waals surface area contributed by atoms with Gasteiger partial charge in [0.05, 0.1) is 10.5 Å². The number of nitrogens with zero attached hydrogens (tertiary/aromatic N) is 1. The van der Waals surface area contributed by atoms with Crippen LogP contribution in [0.2, 0.25) is 0 Å². The van der Waals surface area contributed by atoms with Gasteiger partial charge in [-0.2, -0.15) is 13.2 Å². The van der Waals surface area contributed by atoms with Crippen molar-refractivity contribution >= 4 is 17.3 Å². The van der Waals surface area contributed by atoms with Crippen molar-refractivity contribution in [1.82, 2.24) is 5.32 Å². The van der Waals surface area contributed by atoms with Gasteiger partial charge in [0.2, 0.25) is 0 Å². The SMILES string of the molecule is NNc1c(C(=O)NC2(C(F)(F)F)CC2)cccc1[N+](=O)[O-]. The number of nitrogens with one attached hydrogen (secondary N) is 2. The van der Waals surface area contributed by atoms with Crippen LogP contribution in [0.15, 0.2) is 18.2 Å². The van der Waals surface area contributed by atoms with Gasteiger partial charge in [-0.3, -0.25) is 20.8 Å². The fourth-order valence-corrected chi connectivity index (χ4v) is 1.92. The molecule has 0 aliphatic heterocycles. The van der Waals surface area contributed by atoms with E-state index in [1.165, 1.54) is 6.07 Å². The summed E-state index contributed by atoms with van der Waals surface area (Å²) in [5.74, 6) is 4.07. The van der Waals surface area contributed by atoms with Crippen LogP contribution in [0.1, 0.15) is 23.2 Å². The summed E-state index contributed by atoms with van der Waals surface area (Å²) in [6.07, 6.45) is -5.01. The number of rotatable bonds is 4. The Morgan fingerprint density at radius 1 is 1.38 bits per heavy atom. The van der Waals surface area contributed by atoms with Crippen LogP contribution >= 0.6 is 0 Å². The summed E-state index contributed by atoms with van der Waals surface area (Å²) in [5.41, 5.74) is -1.41. The van der Waals surface area contributed by atoms with Gasteiger partial charge < -0.3 is 10.7 Å². The third kappa shape index (κ3) is 2.61. The van der Waals surface area contributed by atoms with Crippen LogP contribution in [0.25, 0.3) is 0 Å². The molecule has 1 amide bonds. The number of nitrogens with two attached hydrogens (primary N) is 1. The number of benzene rings is 1. The Morgan fingerprint density at radius 2 is 2.00 bits per heavy atom. The third-order valence-electron chi connectivity index (χ3n) is 3.27. The van der Waals surface area contributed by atoms with E-state index in [0.717, 1.165) is 12.1 Å². The van der Waals surface area contributed by atoms with E-state index in [-0.39, 0.29) is 24.1 Å². The molecule has 0 spiro atoms. The number of carbonyl (C=O) groups is 1. The molecule has 0 radical (unpaired) electrons. The van der Waals surface area contributed by atoms with Crippen molar-refractivity contribution in [1.29, 1.82) is 0 Å². The largest absolute Gasteiger partial charge is 0.411 e. The second kappa shape index (κ2) is 4.88. The first-order valence-electron chi connectivity index (χ1n) is 5.85. The predicted octanol–water partition coefficient (Wildman–Crippen LogP) is 1.71. The van der Waals surface area contributed by atoms with Crippen LogP contribution in [-0.2, 0) is 0 Å². The first-order chi connectivity index (χ1) is 9.72. The number of anilines is 1. The van der Waals surface area contributed by atoms with Crippen molar-refractivity contribution in [3.8, 4) is 0 Å². The summed E-state index contributed by atoms with van der Waals surface area (Å²) >= 11 is 0. The Labute approximate surface area is 116 Å². The molecule has 1 fully saturated rings. The second-order valence-corrected chi connectivity index (χ2v) is 4.64. The number of alkyl halides is 3. The van der Waals surface area contributed by atoms with Crippen molar-refractivity contribution in [3.63, 3.8) is 0 Å². The highest BCUT2D eigenvalue weighted by Crippen LogP contribution is 2.49. The van der Waals surface area contributed by atoms with Crippen LogP contribution in [0.4, 0.5) is 24.5 Å². The fraction of sp³-hybridized carbons (Fsp3) is 0.364. The maximum atomic E-state index is 12.8. The van der Waals surface area contributed by atoms with Gasteiger partial charge in [-0.25, -0.2) is 0 Å². The Morgan fingerprint density at radius 3 is 2.43 bits per heavy atom. The number of para-hydroxylation sites is 1.